The smallest absolute Gasteiger partial charge is 0.119 e. The van der Waals surface area contributed by atoms with Crippen molar-refractivity contribution in [3.05, 3.63) is 24.3 Å². The predicted molar refractivity (Wildman–Crippen MR) is 62.4 cm³/mol. The Morgan fingerprint density at radius 1 is 1.27 bits per heavy atom. The summed E-state index contributed by atoms with van der Waals surface area (Å²) >= 11 is 0. The summed E-state index contributed by atoms with van der Waals surface area (Å²) in [6.45, 7) is 6.35. The van der Waals surface area contributed by atoms with Gasteiger partial charge in [0.25, 0.3) is 0 Å². The van der Waals surface area contributed by atoms with Crippen LogP contribution in [0.5, 0.6) is 5.75 Å². The van der Waals surface area contributed by atoms with Gasteiger partial charge < -0.3 is 15.2 Å². The number of hydrogen-bond acceptors (Lipinski definition) is 3. The molecule has 1 rings (SSSR count). The lowest BCUT2D eigenvalue weighted by molar-refractivity contribution is 0.178. The molecule has 0 saturated heterocycles. The minimum absolute atomic E-state index is 0.0444. The van der Waals surface area contributed by atoms with E-state index in [0.717, 1.165) is 11.4 Å². The van der Waals surface area contributed by atoms with Crippen LogP contribution in [0.4, 0.5) is 5.69 Å². The number of nitrogens with one attached hydrogen (secondary N) is 1. The standard InChI is InChI=1S/C12H19NO2/c1-4-15-12-7-5-11(6-8-12)13-9(2)10(3)14/h5-10,13-14H,4H2,1-3H3. The van der Waals surface area contributed by atoms with E-state index in [0.29, 0.717) is 6.61 Å². The molecule has 0 bridgehead atoms. The third-order valence-electron chi connectivity index (χ3n) is 2.28. The highest BCUT2D eigenvalue weighted by molar-refractivity contribution is 5.47. The van der Waals surface area contributed by atoms with Crippen molar-refractivity contribution in [1.29, 1.82) is 0 Å². The van der Waals surface area contributed by atoms with Crippen LogP contribution in [0.3, 0.4) is 0 Å². The fourth-order valence-electron chi connectivity index (χ4n) is 1.20. The Balaban J connectivity index is 2.56. The fraction of sp³-hybridized carbons (Fsp3) is 0.500. The molecular formula is C12H19NO2. The second kappa shape index (κ2) is 5.61. The lowest BCUT2D eigenvalue weighted by Crippen LogP contribution is -2.27. The summed E-state index contributed by atoms with van der Waals surface area (Å²) in [4.78, 5) is 0. The Morgan fingerprint density at radius 3 is 2.33 bits per heavy atom. The van der Waals surface area contributed by atoms with Crippen LogP contribution in [0.1, 0.15) is 20.8 Å². The average Bonchev–Trinajstić information content (AvgIpc) is 2.21. The van der Waals surface area contributed by atoms with Gasteiger partial charge in [0, 0.05) is 11.7 Å². The number of hydrogen-bond donors (Lipinski definition) is 2. The molecule has 84 valence electrons. The molecule has 1 aromatic carbocycles. The molecule has 0 radical (unpaired) electrons. The maximum absolute atomic E-state index is 9.33. The van der Waals surface area contributed by atoms with Gasteiger partial charge in [0.1, 0.15) is 5.75 Å². The summed E-state index contributed by atoms with van der Waals surface area (Å²) in [6, 6.07) is 7.78. The zero-order valence-corrected chi connectivity index (χ0v) is 9.53. The molecule has 0 aromatic heterocycles. The van der Waals surface area contributed by atoms with Gasteiger partial charge in [0.05, 0.1) is 12.7 Å². The summed E-state index contributed by atoms with van der Waals surface area (Å²) in [5.41, 5.74) is 0.992. The number of ether oxygens (including phenoxy) is 1. The highest BCUT2D eigenvalue weighted by atomic mass is 16.5. The topological polar surface area (TPSA) is 41.5 Å². The lowest BCUT2D eigenvalue weighted by Gasteiger charge is -2.18. The molecule has 1 aromatic rings. The van der Waals surface area contributed by atoms with E-state index in [-0.39, 0.29) is 12.1 Å². The molecule has 0 spiro atoms. The van der Waals surface area contributed by atoms with Crippen molar-refractivity contribution >= 4 is 5.69 Å². The highest BCUT2D eigenvalue weighted by Gasteiger charge is 2.07. The van der Waals surface area contributed by atoms with Gasteiger partial charge in [0.2, 0.25) is 0 Å². The number of aliphatic hydroxyl groups excluding tert-OH is 1. The van der Waals surface area contributed by atoms with Crippen LogP contribution in [-0.2, 0) is 0 Å². The molecular weight excluding hydrogens is 190 g/mol. The van der Waals surface area contributed by atoms with Gasteiger partial charge in [-0.1, -0.05) is 0 Å². The molecule has 0 aliphatic rings. The second-order valence-electron chi connectivity index (χ2n) is 3.63. The van der Waals surface area contributed by atoms with Crippen LogP contribution in [0.25, 0.3) is 0 Å². The first-order valence-corrected chi connectivity index (χ1v) is 5.31. The van der Waals surface area contributed by atoms with E-state index in [1.54, 1.807) is 6.92 Å². The van der Waals surface area contributed by atoms with E-state index in [9.17, 15) is 5.11 Å². The SMILES string of the molecule is CCOc1ccc(NC(C)C(C)O)cc1. The van der Waals surface area contributed by atoms with Crippen LogP contribution in [0, 0.1) is 0 Å². The van der Waals surface area contributed by atoms with E-state index < -0.39 is 0 Å². The van der Waals surface area contributed by atoms with Gasteiger partial charge in [-0.15, -0.1) is 0 Å². The van der Waals surface area contributed by atoms with Gasteiger partial charge in [0.15, 0.2) is 0 Å². The molecule has 15 heavy (non-hydrogen) atoms. The first kappa shape index (κ1) is 11.9. The van der Waals surface area contributed by atoms with E-state index in [4.69, 9.17) is 4.74 Å². The van der Waals surface area contributed by atoms with Crippen molar-refractivity contribution in [3.63, 3.8) is 0 Å². The summed E-state index contributed by atoms with van der Waals surface area (Å²) in [5.74, 6) is 0.868. The molecule has 0 aliphatic carbocycles. The summed E-state index contributed by atoms with van der Waals surface area (Å²) < 4.78 is 5.34. The van der Waals surface area contributed by atoms with Gasteiger partial charge in [-0.3, -0.25) is 0 Å². The quantitative estimate of drug-likeness (QED) is 0.781. The molecule has 2 unspecified atom stereocenters. The van der Waals surface area contributed by atoms with Crippen LogP contribution >= 0.6 is 0 Å². The third kappa shape index (κ3) is 3.80. The van der Waals surface area contributed by atoms with E-state index in [1.807, 2.05) is 38.1 Å². The summed E-state index contributed by atoms with van der Waals surface area (Å²) in [6.07, 6.45) is -0.364. The minimum atomic E-state index is -0.364. The van der Waals surface area contributed by atoms with Crippen molar-refractivity contribution < 1.29 is 9.84 Å². The molecule has 0 aliphatic heterocycles. The van der Waals surface area contributed by atoms with Crippen molar-refractivity contribution in [2.24, 2.45) is 0 Å². The van der Waals surface area contributed by atoms with Crippen molar-refractivity contribution in [2.45, 2.75) is 32.9 Å². The number of aliphatic hydroxyl groups is 1. The van der Waals surface area contributed by atoms with Crippen molar-refractivity contribution in [1.82, 2.24) is 0 Å². The second-order valence-corrected chi connectivity index (χ2v) is 3.63. The summed E-state index contributed by atoms with van der Waals surface area (Å²) in [7, 11) is 0. The van der Waals surface area contributed by atoms with Gasteiger partial charge in [-0.2, -0.15) is 0 Å². The normalized spacial score (nSPS) is 14.4. The van der Waals surface area contributed by atoms with Crippen LogP contribution in [-0.4, -0.2) is 23.9 Å². The molecule has 3 heteroatoms. The van der Waals surface area contributed by atoms with Gasteiger partial charge in [-0.25, -0.2) is 0 Å². The van der Waals surface area contributed by atoms with Crippen molar-refractivity contribution in [2.75, 3.05) is 11.9 Å². The van der Waals surface area contributed by atoms with Crippen LogP contribution in [0.15, 0.2) is 24.3 Å². The Bertz CT molecular complexity index is 282. The number of rotatable bonds is 5. The third-order valence-corrected chi connectivity index (χ3v) is 2.28. The van der Waals surface area contributed by atoms with Crippen molar-refractivity contribution in [3.8, 4) is 5.75 Å². The Kier molecular flexibility index (Phi) is 4.43. The molecule has 0 amide bonds. The first-order valence-electron chi connectivity index (χ1n) is 5.31. The minimum Gasteiger partial charge on any atom is -0.494 e. The molecule has 2 atom stereocenters. The fourth-order valence-corrected chi connectivity index (χ4v) is 1.20. The molecule has 0 heterocycles. The van der Waals surface area contributed by atoms with Crippen LogP contribution < -0.4 is 10.1 Å². The maximum atomic E-state index is 9.33. The largest absolute Gasteiger partial charge is 0.494 e. The molecule has 0 saturated carbocycles. The molecule has 2 N–H and O–H groups in total. The van der Waals surface area contributed by atoms with E-state index >= 15 is 0 Å². The number of benzene rings is 1. The average molecular weight is 209 g/mol. The Morgan fingerprint density at radius 2 is 1.87 bits per heavy atom. The molecule has 0 fully saturated rings. The lowest BCUT2D eigenvalue weighted by atomic mass is 10.2. The van der Waals surface area contributed by atoms with Gasteiger partial charge >= 0.3 is 0 Å². The predicted octanol–water partition coefficient (Wildman–Crippen LogP) is 2.27. The summed E-state index contributed by atoms with van der Waals surface area (Å²) in [5, 5.41) is 12.5. The van der Waals surface area contributed by atoms with E-state index in [1.165, 1.54) is 0 Å². The first-order chi connectivity index (χ1) is 7.13. The zero-order chi connectivity index (χ0) is 11.3. The van der Waals surface area contributed by atoms with Gasteiger partial charge in [-0.05, 0) is 45.0 Å². The Hall–Kier alpha value is -1.22. The molecule has 3 nitrogen and oxygen atoms in total. The van der Waals surface area contributed by atoms with E-state index in [2.05, 4.69) is 5.32 Å². The number of anilines is 1. The zero-order valence-electron chi connectivity index (χ0n) is 9.53. The highest BCUT2D eigenvalue weighted by Crippen LogP contribution is 2.16. The van der Waals surface area contributed by atoms with Crippen LogP contribution in [0.2, 0.25) is 0 Å². The maximum Gasteiger partial charge on any atom is 0.119 e. The Labute approximate surface area is 91.1 Å². The monoisotopic (exact) mass is 209 g/mol.